The molecule has 4 rings (SSSR count). The minimum absolute atomic E-state index is 0.00664. The largest absolute Gasteiger partial charge is 0.464 e. The number of carbonyl (C=O) groups is 2. The first kappa shape index (κ1) is 17.2. The highest BCUT2D eigenvalue weighted by Crippen LogP contribution is 2.27. The second-order valence-electron chi connectivity index (χ2n) is 6.73. The number of fused-ring (bicyclic) bond motifs is 1. The topological polar surface area (TPSA) is 59.5 Å². The van der Waals surface area contributed by atoms with Crippen molar-refractivity contribution in [1.82, 2.24) is 9.88 Å². The van der Waals surface area contributed by atoms with Gasteiger partial charge in [-0.2, -0.15) is 0 Å². The molecule has 0 N–H and O–H groups in total. The molecule has 0 bridgehead atoms. The SMILES string of the molecule is O=C(c1ccccn1)C1CCCN(C(=O)C2=Cc3ccccc3OC=C2)C1. The van der Waals surface area contributed by atoms with Gasteiger partial charge in [0.2, 0.25) is 0 Å². The molecule has 3 heterocycles. The first-order chi connectivity index (χ1) is 13.2. The molecule has 1 fully saturated rings. The van der Waals surface area contributed by atoms with Crippen molar-refractivity contribution >= 4 is 17.8 Å². The van der Waals surface area contributed by atoms with Crippen LogP contribution in [0.4, 0.5) is 0 Å². The van der Waals surface area contributed by atoms with Crippen LogP contribution in [0.15, 0.2) is 66.6 Å². The Hall–Kier alpha value is -3.21. The van der Waals surface area contributed by atoms with Crippen LogP contribution >= 0.6 is 0 Å². The number of carbonyl (C=O) groups excluding carboxylic acids is 2. The second-order valence-corrected chi connectivity index (χ2v) is 6.73. The lowest BCUT2D eigenvalue weighted by atomic mass is 9.91. The number of nitrogens with zero attached hydrogens (tertiary/aromatic N) is 2. The second kappa shape index (κ2) is 7.58. The number of Topliss-reactive ketones (excluding diaryl/α,β-unsaturated/α-hetero) is 1. The van der Waals surface area contributed by atoms with Crippen molar-refractivity contribution in [3.63, 3.8) is 0 Å². The van der Waals surface area contributed by atoms with Crippen LogP contribution in [0.1, 0.15) is 28.9 Å². The van der Waals surface area contributed by atoms with Crippen molar-refractivity contribution in [2.45, 2.75) is 12.8 Å². The molecule has 5 heteroatoms. The van der Waals surface area contributed by atoms with Gasteiger partial charge >= 0.3 is 0 Å². The molecule has 2 aromatic rings. The lowest BCUT2D eigenvalue weighted by molar-refractivity contribution is -0.128. The Morgan fingerprint density at radius 2 is 1.96 bits per heavy atom. The maximum Gasteiger partial charge on any atom is 0.254 e. The predicted octanol–water partition coefficient (Wildman–Crippen LogP) is 3.49. The van der Waals surface area contributed by atoms with Crippen LogP contribution in [0.5, 0.6) is 5.75 Å². The van der Waals surface area contributed by atoms with E-state index in [0.717, 1.165) is 24.2 Å². The number of hydrogen-bond donors (Lipinski definition) is 0. The zero-order valence-corrected chi connectivity index (χ0v) is 14.9. The van der Waals surface area contributed by atoms with Gasteiger partial charge in [0.25, 0.3) is 5.91 Å². The fraction of sp³-hybridized carbons (Fsp3) is 0.227. The molecule has 0 spiro atoms. The summed E-state index contributed by atoms with van der Waals surface area (Å²) in [4.78, 5) is 31.7. The Bertz CT molecular complexity index is 918. The van der Waals surface area contributed by atoms with E-state index < -0.39 is 0 Å². The van der Waals surface area contributed by atoms with Crippen molar-refractivity contribution in [2.75, 3.05) is 13.1 Å². The van der Waals surface area contributed by atoms with Gasteiger partial charge in [0, 0.05) is 36.3 Å². The van der Waals surface area contributed by atoms with Gasteiger partial charge in [0.15, 0.2) is 5.78 Å². The number of likely N-dealkylation sites (tertiary alicyclic amines) is 1. The highest BCUT2D eigenvalue weighted by Gasteiger charge is 2.30. The summed E-state index contributed by atoms with van der Waals surface area (Å²) in [6.07, 6.45) is 8.27. The Morgan fingerprint density at radius 3 is 2.81 bits per heavy atom. The molecule has 1 amide bonds. The molecule has 1 aromatic heterocycles. The molecular formula is C22H20N2O3. The van der Waals surface area contributed by atoms with Crippen LogP contribution < -0.4 is 4.74 Å². The quantitative estimate of drug-likeness (QED) is 0.786. The number of piperidine rings is 1. The van der Waals surface area contributed by atoms with Gasteiger partial charge in [-0.05, 0) is 43.2 Å². The summed E-state index contributed by atoms with van der Waals surface area (Å²) in [5.41, 5.74) is 1.89. The zero-order chi connectivity index (χ0) is 18.6. The maximum absolute atomic E-state index is 13.0. The standard InChI is InChI=1S/C22H20N2O3/c25-21(19-8-3-4-11-23-19)18-7-5-12-24(15-18)22(26)17-10-13-27-20-9-2-1-6-16(20)14-17/h1-4,6,8-11,13-14,18H,5,7,12,15H2. The van der Waals surface area contributed by atoms with Crippen molar-refractivity contribution in [3.05, 3.63) is 77.8 Å². The monoisotopic (exact) mass is 360 g/mol. The summed E-state index contributed by atoms with van der Waals surface area (Å²) in [5, 5.41) is 0. The van der Waals surface area contributed by atoms with Gasteiger partial charge in [-0.3, -0.25) is 14.6 Å². The number of rotatable bonds is 3. The van der Waals surface area contributed by atoms with E-state index in [4.69, 9.17) is 4.74 Å². The molecule has 0 aliphatic carbocycles. The number of benzene rings is 1. The van der Waals surface area contributed by atoms with Crippen LogP contribution in [0.25, 0.3) is 6.08 Å². The van der Waals surface area contributed by atoms with Crippen LogP contribution in [0.2, 0.25) is 0 Å². The molecule has 136 valence electrons. The van der Waals surface area contributed by atoms with Gasteiger partial charge in [0.1, 0.15) is 11.4 Å². The van der Waals surface area contributed by atoms with Crippen LogP contribution in [0, 0.1) is 5.92 Å². The summed E-state index contributed by atoms with van der Waals surface area (Å²) in [6, 6.07) is 12.9. The first-order valence-electron chi connectivity index (χ1n) is 9.11. The van der Waals surface area contributed by atoms with Crippen molar-refractivity contribution in [2.24, 2.45) is 5.92 Å². The summed E-state index contributed by atoms with van der Waals surface area (Å²) >= 11 is 0. The number of pyridine rings is 1. The molecule has 2 aliphatic heterocycles. The third kappa shape index (κ3) is 3.67. The lowest BCUT2D eigenvalue weighted by Crippen LogP contribution is -2.42. The molecule has 1 saturated heterocycles. The Labute approximate surface area is 158 Å². The zero-order valence-electron chi connectivity index (χ0n) is 14.9. The molecule has 1 unspecified atom stereocenters. The number of ketones is 1. The molecular weight excluding hydrogens is 340 g/mol. The highest BCUT2D eigenvalue weighted by molar-refractivity contribution is 6.02. The summed E-state index contributed by atoms with van der Waals surface area (Å²) in [6.45, 7) is 1.07. The molecule has 0 radical (unpaired) electrons. The fourth-order valence-electron chi connectivity index (χ4n) is 3.51. The van der Waals surface area contributed by atoms with Crippen molar-refractivity contribution in [1.29, 1.82) is 0 Å². The molecule has 27 heavy (non-hydrogen) atoms. The van der Waals surface area contributed by atoms with Gasteiger partial charge in [-0.15, -0.1) is 0 Å². The van der Waals surface area contributed by atoms with Gasteiger partial charge < -0.3 is 9.64 Å². The van der Waals surface area contributed by atoms with E-state index in [1.54, 1.807) is 29.3 Å². The van der Waals surface area contributed by atoms with E-state index in [2.05, 4.69) is 4.98 Å². The number of para-hydroxylation sites is 1. The fourth-order valence-corrected chi connectivity index (χ4v) is 3.51. The maximum atomic E-state index is 13.0. The van der Waals surface area contributed by atoms with E-state index in [9.17, 15) is 9.59 Å². The Balaban J connectivity index is 1.52. The van der Waals surface area contributed by atoms with Crippen LogP contribution in [-0.4, -0.2) is 34.7 Å². The van der Waals surface area contributed by atoms with E-state index in [-0.39, 0.29) is 17.6 Å². The third-order valence-corrected chi connectivity index (χ3v) is 4.92. The normalized spacial score (nSPS) is 18.7. The Morgan fingerprint density at radius 1 is 1.11 bits per heavy atom. The number of ether oxygens (including phenoxy) is 1. The van der Waals surface area contributed by atoms with Crippen molar-refractivity contribution < 1.29 is 14.3 Å². The Kier molecular flexibility index (Phi) is 4.83. The first-order valence-corrected chi connectivity index (χ1v) is 9.11. The summed E-state index contributed by atoms with van der Waals surface area (Å²) < 4.78 is 5.57. The molecule has 0 saturated carbocycles. The van der Waals surface area contributed by atoms with Gasteiger partial charge in [0.05, 0.1) is 6.26 Å². The molecule has 2 aliphatic rings. The van der Waals surface area contributed by atoms with Gasteiger partial charge in [-0.25, -0.2) is 0 Å². The molecule has 5 nitrogen and oxygen atoms in total. The number of aromatic nitrogens is 1. The predicted molar refractivity (Wildman–Crippen MR) is 102 cm³/mol. The number of amides is 1. The average Bonchev–Trinajstić information content (AvgIpc) is 2.96. The summed E-state index contributed by atoms with van der Waals surface area (Å²) in [7, 11) is 0. The van der Waals surface area contributed by atoms with Gasteiger partial charge in [-0.1, -0.05) is 24.3 Å². The molecule has 1 aromatic carbocycles. The third-order valence-electron chi connectivity index (χ3n) is 4.92. The summed E-state index contributed by atoms with van der Waals surface area (Å²) in [5.74, 6) is 0.437. The van der Waals surface area contributed by atoms with Crippen molar-refractivity contribution in [3.8, 4) is 5.75 Å². The minimum atomic E-state index is -0.212. The van der Waals surface area contributed by atoms with E-state index in [1.165, 1.54) is 6.26 Å². The van der Waals surface area contributed by atoms with E-state index >= 15 is 0 Å². The smallest absolute Gasteiger partial charge is 0.254 e. The number of hydrogen-bond acceptors (Lipinski definition) is 4. The van der Waals surface area contributed by atoms with Crippen LogP contribution in [0.3, 0.4) is 0 Å². The molecule has 1 atom stereocenters. The lowest BCUT2D eigenvalue weighted by Gasteiger charge is -2.32. The average molecular weight is 360 g/mol. The minimum Gasteiger partial charge on any atom is -0.464 e. The van der Waals surface area contributed by atoms with E-state index in [0.29, 0.717) is 24.4 Å². The highest BCUT2D eigenvalue weighted by atomic mass is 16.5. The van der Waals surface area contributed by atoms with E-state index in [1.807, 2.05) is 36.4 Å². The van der Waals surface area contributed by atoms with Crippen LogP contribution in [-0.2, 0) is 4.79 Å².